The molecular formula is C9H18O. The molecule has 0 heterocycles. The van der Waals surface area contributed by atoms with Crippen molar-refractivity contribution in [2.45, 2.75) is 34.6 Å². The maximum Gasteiger partial charge on any atom is 0.0894 e. The molecule has 0 aromatic heterocycles. The van der Waals surface area contributed by atoms with Gasteiger partial charge in [0.25, 0.3) is 0 Å². The normalized spacial score (nSPS) is 13.5. The van der Waals surface area contributed by atoms with E-state index in [2.05, 4.69) is 26.8 Å². The Morgan fingerprint density at radius 3 is 2.20 bits per heavy atom. The van der Waals surface area contributed by atoms with Gasteiger partial charge in [-0.1, -0.05) is 20.8 Å². The highest BCUT2D eigenvalue weighted by Crippen LogP contribution is 2.17. The molecule has 0 saturated carbocycles. The third-order valence-electron chi connectivity index (χ3n) is 1.01. The van der Waals surface area contributed by atoms with Gasteiger partial charge in [-0.3, -0.25) is 0 Å². The van der Waals surface area contributed by atoms with E-state index in [0.717, 1.165) is 12.4 Å². The molecule has 0 radical (unpaired) electrons. The Hall–Kier alpha value is -0.460. The van der Waals surface area contributed by atoms with Gasteiger partial charge in [0.15, 0.2) is 0 Å². The second-order valence-electron chi connectivity index (χ2n) is 3.55. The summed E-state index contributed by atoms with van der Waals surface area (Å²) in [5.41, 5.74) is 0.235. The van der Waals surface area contributed by atoms with Gasteiger partial charge in [0.1, 0.15) is 0 Å². The number of rotatable bonds is 2. The number of ether oxygens (including phenoxy) is 1. The van der Waals surface area contributed by atoms with Crippen LogP contribution in [0.4, 0.5) is 0 Å². The summed E-state index contributed by atoms with van der Waals surface area (Å²) < 4.78 is 5.28. The molecule has 0 aliphatic carbocycles. The Kier molecular flexibility index (Phi) is 3.48. The fourth-order valence-corrected chi connectivity index (χ4v) is 0.879. The van der Waals surface area contributed by atoms with E-state index in [1.54, 1.807) is 0 Å². The second kappa shape index (κ2) is 3.65. The fourth-order valence-electron chi connectivity index (χ4n) is 0.879. The highest BCUT2D eigenvalue weighted by molar-refractivity contribution is 4.96. The van der Waals surface area contributed by atoms with Crippen LogP contribution in [0.2, 0.25) is 0 Å². The van der Waals surface area contributed by atoms with E-state index < -0.39 is 0 Å². The Labute approximate surface area is 64.1 Å². The maximum atomic E-state index is 5.28. The van der Waals surface area contributed by atoms with Crippen molar-refractivity contribution in [2.24, 2.45) is 5.41 Å². The minimum atomic E-state index is 0.235. The zero-order chi connectivity index (χ0) is 8.20. The van der Waals surface area contributed by atoms with Crippen molar-refractivity contribution in [3.8, 4) is 0 Å². The van der Waals surface area contributed by atoms with E-state index in [9.17, 15) is 0 Å². The average molecular weight is 142 g/mol. The predicted octanol–water partition coefficient (Wildman–Crippen LogP) is 2.97. The molecule has 0 rings (SSSR count). The third kappa shape index (κ3) is 5.67. The van der Waals surface area contributed by atoms with Crippen LogP contribution in [0.1, 0.15) is 34.6 Å². The highest BCUT2D eigenvalue weighted by atomic mass is 16.5. The van der Waals surface area contributed by atoms with E-state index in [1.165, 1.54) is 0 Å². The quantitative estimate of drug-likeness (QED) is 0.538. The smallest absolute Gasteiger partial charge is 0.0894 e. The largest absolute Gasteiger partial charge is 0.499 e. The van der Waals surface area contributed by atoms with Crippen molar-refractivity contribution < 1.29 is 4.74 Å². The number of allylic oxidation sites excluding steroid dienone is 2. The van der Waals surface area contributed by atoms with E-state index in [-0.39, 0.29) is 5.41 Å². The van der Waals surface area contributed by atoms with Gasteiger partial charge in [-0.2, -0.15) is 0 Å². The average Bonchev–Trinajstić information content (AvgIpc) is 1.59. The molecule has 0 bridgehead atoms. The first-order valence-corrected chi connectivity index (χ1v) is 3.78. The molecule has 0 aliphatic rings. The molecule has 0 spiro atoms. The zero-order valence-electron chi connectivity index (χ0n) is 7.69. The lowest BCUT2D eigenvalue weighted by Crippen LogP contribution is -2.01. The van der Waals surface area contributed by atoms with Gasteiger partial charge < -0.3 is 4.74 Å². The zero-order valence-corrected chi connectivity index (χ0v) is 7.69. The summed E-state index contributed by atoms with van der Waals surface area (Å²) in [6.45, 7) is 11.2. The van der Waals surface area contributed by atoms with Crippen LogP contribution in [-0.2, 0) is 4.74 Å². The molecule has 0 aromatic rings. The lowest BCUT2D eigenvalue weighted by atomic mass is 9.96. The molecule has 10 heavy (non-hydrogen) atoms. The SMILES string of the molecule is CCO/C(C)=C\C(C)(C)C. The van der Waals surface area contributed by atoms with Gasteiger partial charge in [-0.05, 0) is 25.3 Å². The van der Waals surface area contributed by atoms with Gasteiger partial charge in [-0.15, -0.1) is 0 Å². The maximum absolute atomic E-state index is 5.28. The second-order valence-corrected chi connectivity index (χ2v) is 3.55. The Balaban J connectivity index is 3.90. The highest BCUT2D eigenvalue weighted by Gasteiger charge is 2.05. The predicted molar refractivity (Wildman–Crippen MR) is 44.8 cm³/mol. The summed E-state index contributed by atoms with van der Waals surface area (Å²) in [6.07, 6.45) is 2.14. The van der Waals surface area contributed by atoms with E-state index >= 15 is 0 Å². The molecule has 0 amide bonds. The third-order valence-corrected chi connectivity index (χ3v) is 1.01. The van der Waals surface area contributed by atoms with Crippen LogP contribution in [0, 0.1) is 5.41 Å². The van der Waals surface area contributed by atoms with E-state index in [1.807, 2.05) is 13.8 Å². The minimum Gasteiger partial charge on any atom is -0.499 e. The Morgan fingerprint density at radius 1 is 1.40 bits per heavy atom. The van der Waals surface area contributed by atoms with Crippen LogP contribution in [0.5, 0.6) is 0 Å². The molecule has 0 unspecified atom stereocenters. The molecule has 0 saturated heterocycles. The van der Waals surface area contributed by atoms with E-state index in [4.69, 9.17) is 4.74 Å². The first kappa shape index (κ1) is 9.54. The van der Waals surface area contributed by atoms with Crippen molar-refractivity contribution in [1.29, 1.82) is 0 Å². The summed E-state index contributed by atoms with van der Waals surface area (Å²) in [4.78, 5) is 0. The molecule has 0 fully saturated rings. The Bertz CT molecular complexity index is 117. The van der Waals surface area contributed by atoms with Gasteiger partial charge in [-0.25, -0.2) is 0 Å². The summed E-state index contributed by atoms with van der Waals surface area (Å²) in [5, 5.41) is 0. The number of hydrogen-bond donors (Lipinski definition) is 0. The lowest BCUT2D eigenvalue weighted by molar-refractivity contribution is 0.225. The van der Waals surface area contributed by atoms with Gasteiger partial charge in [0.05, 0.1) is 12.4 Å². The molecule has 1 nitrogen and oxygen atoms in total. The summed E-state index contributed by atoms with van der Waals surface area (Å²) in [6, 6.07) is 0. The lowest BCUT2D eigenvalue weighted by Gasteiger charge is -2.13. The first-order valence-electron chi connectivity index (χ1n) is 3.78. The van der Waals surface area contributed by atoms with Crippen molar-refractivity contribution >= 4 is 0 Å². The van der Waals surface area contributed by atoms with Crippen LogP contribution in [-0.4, -0.2) is 6.61 Å². The van der Waals surface area contributed by atoms with Crippen LogP contribution in [0.15, 0.2) is 11.8 Å². The topological polar surface area (TPSA) is 9.23 Å². The van der Waals surface area contributed by atoms with Crippen LogP contribution < -0.4 is 0 Å². The molecule has 0 aromatic carbocycles. The van der Waals surface area contributed by atoms with Gasteiger partial charge >= 0.3 is 0 Å². The van der Waals surface area contributed by atoms with Crippen LogP contribution in [0.3, 0.4) is 0 Å². The molecule has 0 N–H and O–H groups in total. The van der Waals surface area contributed by atoms with E-state index in [0.29, 0.717) is 0 Å². The summed E-state index contributed by atoms with van der Waals surface area (Å²) in [7, 11) is 0. The first-order chi connectivity index (χ1) is 4.45. The Morgan fingerprint density at radius 2 is 1.90 bits per heavy atom. The summed E-state index contributed by atoms with van der Waals surface area (Å²) in [5.74, 6) is 1.02. The van der Waals surface area contributed by atoms with Crippen molar-refractivity contribution in [1.82, 2.24) is 0 Å². The van der Waals surface area contributed by atoms with Crippen LogP contribution in [0.25, 0.3) is 0 Å². The molecule has 0 aliphatic heterocycles. The molecule has 0 atom stereocenters. The fraction of sp³-hybridized carbons (Fsp3) is 0.778. The minimum absolute atomic E-state index is 0.235. The molecule has 60 valence electrons. The molecule has 1 heteroatoms. The van der Waals surface area contributed by atoms with Gasteiger partial charge in [0.2, 0.25) is 0 Å². The van der Waals surface area contributed by atoms with Crippen molar-refractivity contribution in [3.05, 3.63) is 11.8 Å². The van der Waals surface area contributed by atoms with Crippen molar-refractivity contribution in [3.63, 3.8) is 0 Å². The monoisotopic (exact) mass is 142 g/mol. The van der Waals surface area contributed by atoms with Crippen LogP contribution >= 0.6 is 0 Å². The summed E-state index contributed by atoms with van der Waals surface area (Å²) >= 11 is 0. The standard InChI is InChI=1S/C9H18O/c1-6-10-8(2)7-9(3,4)5/h7H,6H2,1-5H3/b8-7-. The van der Waals surface area contributed by atoms with Crippen molar-refractivity contribution in [2.75, 3.05) is 6.61 Å². The van der Waals surface area contributed by atoms with Gasteiger partial charge in [0, 0.05) is 0 Å². The molecular weight excluding hydrogens is 124 g/mol. The number of hydrogen-bond acceptors (Lipinski definition) is 1.